The van der Waals surface area contributed by atoms with Gasteiger partial charge in [-0.2, -0.15) is 11.8 Å². The van der Waals surface area contributed by atoms with Gasteiger partial charge in [-0.25, -0.2) is 9.97 Å². The molecule has 1 aromatic rings. The van der Waals surface area contributed by atoms with Crippen molar-refractivity contribution in [2.75, 3.05) is 37.0 Å². The number of hydrogen-bond acceptors (Lipinski definition) is 5. The van der Waals surface area contributed by atoms with Gasteiger partial charge in [0.15, 0.2) is 0 Å². The molecule has 0 atom stereocenters. The topological polar surface area (TPSA) is 41.1 Å². The number of likely N-dealkylation sites (tertiary alicyclic amines) is 1. The van der Waals surface area contributed by atoms with E-state index >= 15 is 0 Å². The molecule has 1 saturated heterocycles. The van der Waals surface area contributed by atoms with Crippen LogP contribution in [-0.2, 0) is 6.42 Å². The van der Waals surface area contributed by atoms with Gasteiger partial charge in [0.05, 0.1) is 0 Å². The van der Waals surface area contributed by atoms with Crippen molar-refractivity contribution in [3.8, 4) is 0 Å². The van der Waals surface area contributed by atoms with Crippen LogP contribution in [0.3, 0.4) is 0 Å². The molecule has 2 rings (SSSR count). The van der Waals surface area contributed by atoms with Gasteiger partial charge in [0.25, 0.3) is 0 Å². The molecule has 5 heteroatoms. The molecule has 0 aliphatic carbocycles. The summed E-state index contributed by atoms with van der Waals surface area (Å²) < 4.78 is 0. The van der Waals surface area contributed by atoms with Crippen LogP contribution in [0, 0.1) is 6.92 Å². The fourth-order valence-electron chi connectivity index (χ4n) is 2.59. The minimum absolute atomic E-state index is 0.556. The molecule has 1 aliphatic heterocycles. The molecule has 0 saturated carbocycles. The number of rotatable bonds is 6. The number of hydrogen-bond donors (Lipinski definition) is 1. The van der Waals surface area contributed by atoms with E-state index in [-0.39, 0.29) is 0 Å². The molecule has 112 valence electrons. The Bertz CT molecular complexity index is 416. The van der Waals surface area contributed by atoms with Gasteiger partial charge in [-0.3, -0.25) is 0 Å². The molecule has 0 bridgehead atoms. The van der Waals surface area contributed by atoms with Gasteiger partial charge in [0.2, 0.25) is 0 Å². The maximum Gasteiger partial charge on any atom is 0.133 e. The third kappa shape index (κ3) is 4.35. The summed E-state index contributed by atoms with van der Waals surface area (Å²) in [5.41, 5.74) is 1.22. The van der Waals surface area contributed by atoms with Crippen LogP contribution in [0.1, 0.15) is 31.2 Å². The number of aromatic nitrogens is 2. The number of anilines is 1. The zero-order chi connectivity index (χ0) is 14.4. The van der Waals surface area contributed by atoms with Crippen molar-refractivity contribution >= 4 is 17.6 Å². The molecule has 0 spiro atoms. The van der Waals surface area contributed by atoms with Crippen LogP contribution in [-0.4, -0.2) is 52.6 Å². The summed E-state index contributed by atoms with van der Waals surface area (Å²) in [5, 5.41) is 3.63. The number of aryl methyl sites for hydroxylation is 2. The molecule has 1 aromatic heterocycles. The zero-order valence-electron chi connectivity index (χ0n) is 12.9. The van der Waals surface area contributed by atoms with E-state index in [9.17, 15) is 0 Å². The SMILES string of the molecule is CCc1cnc(C)nc1NC1CCN(CCSC)CC1. The summed E-state index contributed by atoms with van der Waals surface area (Å²) in [5.74, 6) is 3.13. The normalized spacial score (nSPS) is 17.4. The van der Waals surface area contributed by atoms with Gasteiger partial charge in [0.1, 0.15) is 11.6 Å². The van der Waals surface area contributed by atoms with Crippen LogP contribution >= 0.6 is 11.8 Å². The highest BCUT2D eigenvalue weighted by Gasteiger charge is 2.19. The fraction of sp³-hybridized carbons (Fsp3) is 0.733. The Kier molecular flexibility index (Phi) is 6.10. The average molecular weight is 294 g/mol. The maximum atomic E-state index is 4.57. The molecule has 20 heavy (non-hydrogen) atoms. The Morgan fingerprint density at radius 3 is 2.80 bits per heavy atom. The van der Waals surface area contributed by atoms with E-state index in [1.54, 1.807) is 0 Å². The first-order chi connectivity index (χ1) is 9.72. The first kappa shape index (κ1) is 15.6. The monoisotopic (exact) mass is 294 g/mol. The first-order valence-corrected chi connectivity index (χ1v) is 8.92. The van der Waals surface area contributed by atoms with Gasteiger partial charge in [-0.15, -0.1) is 0 Å². The summed E-state index contributed by atoms with van der Waals surface area (Å²) >= 11 is 1.93. The van der Waals surface area contributed by atoms with Gasteiger partial charge in [-0.05, 0) is 32.4 Å². The summed E-state index contributed by atoms with van der Waals surface area (Å²) in [4.78, 5) is 11.4. The van der Waals surface area contributed by atoms with Crippen LogP contribution in [0.25, 0.3) is 0 Å². The Labute approximate surface area is 126 Å². The lowest BCUT2D eigenvalue weighted by Gasteiger charge is -2.32. The highest BCUT2D eigenvalue weighted by Crippen LogP contribution is 2.18. The Morgan fingerprint density at radius 1 is 1.40 bits per heavy atom. The zero-order valence-corrected chi connectivity index (χ0v) is 13.7. The molecule has 4 nitrogen and oxygen atoms in total. The fourth-order valence-corrected chi connectivity index (χ4v) is 3.03. The third-order valence-corrected chi connectivity index (χ3v) is 4.50. The van der Waals surface area contributed by atoms with Gasteiger partial charge in [-0.1, -0.05) is 6.92 Å². The van der Waals surface area contributed by atoms with E-state index in [4.69, 9.17) is 0 Å². The molecule has 2 heterocycles. The molecule has 0 radical (unpaired) electrons. The second-order valence-electron chi connectivity index (χ2n) is 5.40. The molecular weight excluding hydrogens is 268 g/mol. The first-order valence-electron chi connectivity index (χ1n) is 7.53. The van der Waals surface area contributed by atoms with E-state index in [1.165, 1.54) is 43.8 Å². The summed E-state index contributed by atoms with van der Waals surface area (Å²) in [6, 6.07) is 0.556. The predicted molar refractivity (Wildman–Crippen MR) is 87.6 cm³/mol. The molecular formula is C15H26N4S. The quantitative estimate of drug-likeness (QED) is 0.873. The number of nitrogens with one attached hydrogen (secondary N) is 1. The van der Waals surface area contributed by atoms with E-state index in [0.717, 1.165) is 18.1 Å². The Balaban J connectivity index is 1.87. The molecule has 0 unspecified atom stereocenters. The van der Waals surface area contributed by atoms with Gasteiger partial charge >= 0.3 is 0 Å². The van der Waals surface area contributed by atoms with Gasteiger partial charge in [0, 0.05) is 43.2 Å². The lowest BCUT2D eigenvalue weighted by molar-refractivity contribution is 0.231. The average Bonchev–Trinajstić information content (AvgIpc) is 2.47. The van der Waals surface area contributed by atoms with Crippen molar-refractivity contribution in [3.05, 3.63) is 17.6 Å². The van der Waals surface area contributed by atoms with E-state index in [2.05, 4.69) is 33.4 Å². The molecule has 1 fully saturated rings. The van der Waals surface area contributed by atoms with Crippen LogP contribution in [0.15, 0.2) is 6.20 Å². The van der Waals surface area contributed by atoms with Gasteiger partial charge < -0.3 is 10.2 Å². The number of thioether (sulfide) groups is 1. The molecule has 1 aliphatic rings. The van der Waals surface area contributed by atoms with Crippen molar-refractivity contribution in [1.29, 1.82) is 0 Å². The van der Waals surface area contributed by atoms with Crippen molar-refractivity contribution in [2.45, 2.75) is 39.2 Å². The lowest BCUT2D eigenvalue weighted by Crippen LogP contribution is -2.40. The minimum atomic E-state index is 0.556. The van der Waals surface area contributed by atoms with E-state index < -0.39 is 0 Å². The van der Waals surface area contributed by atoms with Crippen molar-refractivity contribution in [2.24, 2.45) is 0 Å². The lowest BCUT2D eigenvalue weighted by atomic mass is 10.0. The molecule has 0 amide bonds. The molecule has 1 N–H and O–H groups in total. The minimum Gasteiger partial charge on any atom is -0.367 e. The largest absolute Gasteiger partial charge is 0.367 e. The predicted octanol–water partition coefficient (Wildman–Crippen LogP) is 2.59. The second kappa shape index (κ2) is 7.84. The Hall–Kier alpha value is -0.810. The standard InChI is InChI=1S/C15H26N4S/c1-4-13-11-16-12(2)17-15(13)18-14-5-7-19(8-6-14)9-10-20-3/h11,14H,4-10H2,1-3H3,(H,16,17,18). The van der Waals surface area contributed by atoms with Crippen molar-refractivity contribution in [1.82, 2.24) is 14.9 Å². The van der Waals surface area contributed by atoms with Crippen LogP contribution in [0.5, 0.6) is 0 Å². The highest BCUT2D eigenvalue weighted by atomic mass is 32.2. The summed E-state index contributed by atoms with van der Waals surface area (Å²) in [7, 11) is 0. The van der Waals surface area contributed by atoms with Crippen LogP contribution in [0.4, 0.5) is 5.82 Å². The molecule has 0 aromatic carbocycles. The van der Waals surface area contributed by atoms with Crippen LogP contribution in [0.2, 0.25) is 0 Å². The van der Waals surface area contributed by atoms with Crippen molar-refractivity contribution < 1.29 is 0 Å². The van der Waals surface area contributed by atoms with Crippen LogP contribution < -0.4 is 5.32 Å². The third-order valence-electron chi connectivity index (χ3n) is 3.91. The number of piperidine rings is 1. The number of nitrogens with zero attached hydrogens (tertiary/aromatic N) is 3. The second-order valence-corrected chi connectivity index (χ2v) is 6.38. The van der Waals surface area contributed by atoms with E-state index in [0.29, 0.717) is 6.04 Å². The van der Waals surface area contributed by atoms with E-state index in [1.807, 2.05) is 24.9 Å². The van der Waals surface area contributed by atoms with Crippen molar-refractivity contribution in [3.63, 3.8) is 0 Å². The Morgan fingerprint density at radius 2 is 2.15 bits per heavy atom. The summed E-state index contributed by atoms with van der Waals surface area (Å²) in [6.45, 7) is 7.73. The summed E-state index contributed by atoms with van der Waals surface area (Å²) in [6.07, 6.45) is 7.53. The maximum absolute atomic E-state index is 4.57. The highest BCUT2D eigenvalue weighted by molar-refractivity contribution is 7.98. The smallest absolute Gasteiger partial charge is 0.133 e.